The molecule has 6 aromatic carbocycles. The van der Waals surface area contributed by atoms with Crippen molar-refractivity contribution in [2.45, 2.75) is 0 Å². The smallest absolute Gasteiger partial charge is 0.0998 e. The summed E-state index contributed by atoms with van der Waals surface area (Å²) in [4.78, 5) is 0. The van der Waals surface area contributed by atoms with E-state index in [0.29, 0.717) is 11.1 Å². The molecule has 42 heavy (non-hydrogen) atoms. The molecule has 0 saturated carbocycles. The SMILES string of the molecule is N#Cc1ccc2sc3cc(-c4cc(-c5ccc6c(c5)sc5ccccc56)cc(-c5ccccc5C#N)c4)ccc3c2c1. The van der Waals surface area contributed by atoms with Gasteiger partial charge in [-0.3, -0.25) is 0 Å². The third-order valence-corrected chi connectivity index (χ3v) is 10.2. The van der Waals surface area contributed by atoms with Crippen molar-refractivity contribution >= 4 is 63.0 Å². The zero-order valence-electron chi connectivity index (χ0n) is 22.3. The fraction of sp³-hybridized carbons (Fsp3) is 0. The molecule has 0 amide bonds. The predicted octanol–water partition coefficient (Wildman–Crippen LogP) is 11.2. The maximum Gasteiger partial charge on any atom is 0.0998 e. The van der Waals surface area contributed by atoms with Gasteiger partial charge in [0.2, 0.25) is 0 Å². The molecule has 0 spiro atoms. The summed E-state index contributed by atoms with van der Waals surface area (Å²) in [5, 5.41) is 24.2. The van der Waals surface area contributed by atoms with Gasteiger partial charge in [-0.25, -0.2) is 0 Å². The van der Waals surface area contributed by atoms with Gasteiger partial charge in [-0.15, -0.1) is 22.7 Å². The molecular weight excluding hydrogens is 549 g/mol. The van der Waals surface area contributed by atoms with Crippen molar-refractivity contribution in [1.29, 1.82) is 10.5 Å². The minimum atomic E-state index is 0.661. The maximum absolute atomic E-state index is 9.90. The third kappa shape index (κ3) is 3.98. The lowest BCUT2D eigenvalue weighted by molar-refractivity contribution is 1.48. The Morgan fingerprint density at radius 3 is 1.71 bits per heavy atom. The molecule has 0 fully saturated rings. The minimum Gasteiger partial charge on any atom is -0.192 e. The van der Waals surface area contributed by atoms with Crippen LogP contribution in [0.25, 0.3) is 73.7 Å². The molecule has 194 valence electrons. The van der Waals surface area contributed by atoms with E-state index in [1.165, 1.54) is 29.6 Å². The second kappa shape index (κ2) is 9.68. The Morgan fingerprint density at radius 2 is 1.00 bits per heavy atom. The molecule has 0 N–H and O–H groups in total. The van der Waals surface area contributed by atoms with Gasteiger partial charge in [-0.05, 0) is 94.0 Å². The Labute approximate surface area is 250 Å². The normalized spacial score (nSPS) is 11.3. The first-order valence-electron chi connectivity index (χ1n) is 13.6. The van der Waals surface area contributed by atoms with Crippen LogP contribution >= 0.6 is 22.7 Å². The van der Waals surface area contributed by atoms with Gasteiger partial charge < -0.3 is 0 Å². The number of hydrogen-bond donors (Lipinski definition) is 0. The van der Waals surface area contributed by atoms with Gasteiger partial charge in [0.05, 0.1) is 23.3 Å². The lowest BCUT2D eigenvalue weighted by Gasteiger charge is -2.12. The zero-order valence-corrected chi connectivity index (χ0v) is 23.9. The minimum absolute atomic E-state index is 0.661. The van der Waals surface area contributed by atoms with Crippen molar-refractivity contribution in [3.8, 4) is 45.5 Å². The van der Waals surface area contributed by atoms with Crippen molar-refractivity contribution in [2.75, 3.05) is 0 Å². The number of benzene rings is 6. The predicted molar refractivity (Wildman–Crippen MR) is 178 cm³/mol. The largest absolute Gasteiger partial charge is 0.192 e. The van der Waals surface area contributed by atoms with E-state index in [4.69, 9.17) is 0 Å². The second-order valence-corrected chi connectivity index (χ2v) is 12.6. The number of fused-ring (bicyclic) bond motifs is 6. The first-order valence-corrected chi connectivity index (χ1v) is 15.2. The topological polar surface area (TPSA) is 47.6 Å². The Kier molecular flexibility index (Phi) is 5.66. The van der Waals surface area contributed by atoms with E-state index in [0.717, 1.165) is 44.2 Å². The number of nitriles is 2. The van der Waals surface area contributed by atoms with Gasteiger partial charge in [0, 0.05) is 40.3 Å². The van der Waals surface area contributed by atoms with E-state index in [2.05, 4.69) is 91.0 Å². The highest BCUT2D eigenvalue weighted by Gasteiger charge is 2.14. The summed E-state index contributed by atoms with van der Waals surface area (Å²) in [6, 6.07) is 46.9. The first-order chi connectivity index (χ1) is 20.7. The highest BCUT2D eigenvalue weighted by Crippen LogP contribution is 2.41. The average molecular weight is 569 g/mol. The molecule has 0 bridgehead atoms. The van der Waals surface area contributed by atoms with Gasteiger partial charge in [0.15, 0.2) is 0 Å². The summed E-state index contributed by atoms with van der Waals surface area (Å²) in [6.45, 7) is 0. The standard InChI is InChI=1S/C38H20N2S2/c39-21-23-9-14-36-34(15-23)33-13-11-25(20-38(33)42-36)28-16-27(17-29(18-28)30-6-2-1-5-26(30)22-40)24-10-12-32-31-7-3-4-8-35(31)41-37(32)19-24/h1-20H. The van der Waals surface area contributed by atoms with E-state index in [1.54, 1.807) is 11.3 Å². The number of nitrogens with zero attached hydrogens (tertiary/aromatic N) is 2. The van der Waals surface area contributed by atoms with Crippen LogP contribution < -0.4 is 0 Å². The third-order valence-electron chi connectivity index (χ3n) is 7.94. The number of hydrogen-bond acceptors (Lipinski definition) is 4. The monoisotopic (exact) mass is 568 g/mol. The van der Waals surface area contributed by atoms with Gasteiger partial charge in [-0.1, -0.05) is 60.7 Å². The average Bonchev–Trinajstić information content (AvgIpc) is 3.61. The lowest BCUT2D eigenvalue weighted by Crippen LogP contribution is -1.88. The van der Waals surface area contributed by atoms with Gasteiger partial charge in [0.1, 0.15) is 0 Å². The van der Waals surface area contributed by atoms with Crippen LogP contribution in [0.5, 0.6) is 0 Å². The lowest BCUT2D eigenvalue weighted by atomic mass is 9.91. The molecule has 2 heterocycles. The van der Waals surface area contributed by atoms with E-state index < -0.39 is 0 Å². The van der Waals surface area contributed by atoms with Crippen LogP contribution in [0.1, 0.15) is 11.1 Å². The molecule has 0 saturated heterocycles. The fourth-order valence-corrected chi connectivity index (χ4v) is 8.15. The fourth-order valence-electron chi connectivity index (χ4n) is 5.88. The number of thiophene rings is 2. The highest BCUT2D eigenvalue weighted by atomic mass is 32.1. The molecule has 2 nitrogen and oxygen atoms in total. The zero-order chi connectivity index (χ0) is 28.2. The molecule has 0 unspecified atom stereocenters. The molecule has 0 aliphatic heterocycles. The summed E-state index contributed by atoms with van der Waals surface area (Å²) in [5.74, 6) is 0. The van der Waals surface area contributed by atoms with Crippen molar-refractivity contribution in [1.82, 2.24) is 0 Å². The molecule has 0 atom stereocenters. The van der Waals surface area contributed by atoms with Crippen LogP contribution in [-0.2, 0) is 0 Å². The van der Waals surface area contributed by atoms with Crippen molar-refractivity contribution in [2.24, 2.45) is 0 Å². The quantitative estimate of drug-likeness (QED) is 0.213. The van der Waals surface area contributed by atoms with Crippen LogP contribution in [0, 0.1) is 22.7 Å². The molecule has 4 heteroatoms. The molecule has 8 aromatic rings. The Morgan fingerprint density at radius 1 is 0.405 bits per heavy atom. The summed E-state index contributed by atoms with van der Waals surface area (Å²) in [5.41, 5.74) is 7.77. The molecule has 2 aromatic heterocycles. The molecule has 0 aliphatic rings. The van der Waals surface area contributed by atoms with E-state index in [-0.39, 0.29) is 0 Å². The molecule has 8 rings (SSSR count). The molecule has 0 aliphatic carbocycles. The molecular formula is C38H20N2S2. The number of rotatable bonds is 3. The Balaban J connectivity index is 1.34. The van der Waals surface area contributed by atoms with Crippen LogP contribution in [0.15, 0.2) is 121 Å². The van der Waals surface area contributed by atoms with Crippen molar-refractivity contribution < 1.29 is 0 Å². The molecule has 0 radical (unpaired) electrons. The van der Waals surface area contributed by atoms with Crippen LogP contribution in [0.4, 0.5) is 0 Å². The van der Waals surface area contributed by atoms with Gasteiger partial charge in [-0.2, -0.15) is 10.5 Å². The Hall–Kier alpha value is -5.26. The highest BCUT2D eigenvalue weighted by molar-refractivity contribution is 7.26. The summed E-state index contributed by atoms with van der Waals surface area (Å²) in [6.07, 6.45) is 0. The summed E-state index contributed by atoms with van der Waals surface area (Å²) in [7, 11) is 0. The van der Waals surface area contributed by atoms with E-state index >= 15 is 0 Å². The van der Waals surface area contributed by atoms with Crippen LogP contribution in [0.3, 0.4) is 0 Å². The second-order valence-electron chi connectivity index (χ2n) is 10.4. The van der Waals surface area contributed by atoms with E-state index in [1.807, 2.05) is 53.8 Å². The summed E-state index contributed by atoms with van der Waals surface area (Å²) >= 11 is 3.57. The first kappa shape index (κ1) is 24.5. The van der Waals surface area contributed by atoms with Crippen LogP contribution in [0.2, 0.25) is 0 Å². The van der Waals surface area contributed by atoms with Crippen molar-refractivity contribution in [3.05, 3.63) is 132 Å². The Bertz CT molecular complexity index is 2450. The van der Waals surface area contributed by atoms with Gasteiger partial charge >= 0.3 is 0 Å². The van der Waals surface area contributed by atoms with E-state index in [9.17, 15) is 10.5 Å². The maximum atomic E-state index is 9.90. The summed E-state index contributed by atoms with van der Waals surface area (Å²) < 4.78 is 4.92. The van der Waals surface area contributed by atoms with Crippen molar-refractivity contribution in [3.63, 3.8) is 0 Å². The van der Waals surface area contributed by atoms with Gasteiger partial charge in [0.25, 0.3) is 0 Å². The van der Waals surface area contributed by atoms with Crippen LogP contribution in [-0.4, -0.2) is 0 Å².